The lowest BCUT2D eigenvalue weighted by Crippen LogP contribution is -2.42. The predicted molar refractivity (Wildman–Crippen MR) is 112 cm³/mol. The van der Waals surface area contributed by atoms with Gasteiger partial charge in [0.25, 0.3) is 11.5 Å². The van der Waals surface area contributed by atoms with Crippen molar-refractivity contribution in [3.63, 3.8) is 0 Å². The molecule has 1 aromatic heterocycles. The molecule has 1 aliphatic rings. The summed E-state index contributed by atoms with van der Waals surface area (Å²) in [5.41, 5.74) is 5.71. The van der Waals surface area contributed by atoms with Gasteiger partial charge in [0.05, 0.1) is 12.5 Å². The van der Waals surface area contributed by atoms with Gasteiger partial charge < -0.3 is 15.4 Å². The van der Waals surface area contributed by atoms with Crippen LogP contribution in [0.15, 0.2) is 53.3 Å². The molecule has 2 N–H and O–H groups in total. The zero-order chi connectivity index (χ0) is 21.3. The average Bonchev–Trinajstić information content (AvgIpc) is 2.79. The topological polar surface area (TPSA) is 108 Å². The van der Waals surface area contributed by atoms with Gasteiger partial charge in [-0.25, -0.2) is 0 Å². The molecule has 0 saturated carbocycles. The number of likely N-dealkylation sites (tertiary alicyclic amines) is 1. The number of benzene rings is 2. The van der Waals surface area contributed by atoms with Gasteiger partial charge >= 0.3 is 0 Å². The van der Waals surface area contributed by atoms with Gasteiger partial charge in [-0.15, -0.1) is 0 Å². The summed E-state index contributed by atoms with van der Waals surface area (Å²) in [6.07, 6.45) is 1.04. The first-order valence-electron chi connectivity index (χ1n) is 9.75. The van der Waals surface area contributed by atoms with Gasteiger partial charge in [0.1, 0.15) is 11.4 Å². The average molecular weight is 406 g/mol. The summed E-state index contributed by atoms with van der Waals surface area (Å²) in [6.45, 7) is 0.826. The van der Waals surface area contributed by atoms with Crippen LogP contribution in [0.5, 0.6) is 5.75 Å². The number of primary amides is 1. The van der Waals surface area contributed by atoms with E-state index >= 15 is 0 Å². The molecule has 1 fully saturated rings. The monoisotopic (exact) mass is 406 g/mol. The number of aromatic nitrogens is 2. The van der Waals surface area contributed by atoms with Crippen LogP contribution in [0.2, 0.25) is 0 Å². The minimum atomic E-state index is -0.338. The third-order valence-corrected chi connectivity index (χ3v) is 5.51. The van der Waals surface area contributed by atoms with Crippen molar-refractivity contribution < 1.29 is 14.3 Å². The maximum Gasteiger partial charge on any atom is 0.279 e. The first kappa shape index (κ1) is 19.6. The zero-order valence-electron chi connectivity index (χ0n) is 16.6. The summed E-state index contributed by atoms with van der Waals surface area (Å²) in [4.78, 5) is 39.6. The number of ether oxygens (including phenoxy) is 1. The van der Waals surface area contributed by atoms with E-state index in [9.17, 15) is 14.4 Å². The normalized spacial score (nSPS) is 14.6. The van der Waals surface area contributed by atoms with Gasteiger partial charge in [-0.3, -0.25) is 14.4 Å². The van der Waals surface area contributed by atoms with E-state index in [1.807, 2.05) is 0 Å². The van der Waals surface area contributed by atoms with Crippen molar-refractivity contribution in [1.29, 1.82) is 0 Å². The fraction of sp³-hybridized carbons (Fsp3) is 0.273. The first-order valence-corrected chi connectivity index (χ1v) is 9.75. The Labute approximate surface area is 172 Å². The van der Waals surface area contributed by atoms with E-state index < -0.39 is 0 Å². The number of amides is 2. The van der Waals surface area contributed by atoms with Crippen LogP contribution in [0.3, 0.4) is 0 Å². The van der Waals surface area contributed by atoms with Crippen LogP contribution in [-0.2, 0) is 4.79 Å². The van der Waals surface area contributed by atoms with E-state index in [2.05, 4.69) is 5.10 Å². The third kappa shape index (κ3) is 3.41. The number of carbonyl (C=O) groups excluding carboxylic acids is 2. The highest BCUT2D eigenvalue weighted by Crippen LogP contribution is 2.24. The highest BCUT2D eigenvalue weighted by molar-refractivity contribution is 6.05. The van der Waals surface area contributed by atoms with Crippen molar-refractivity contribution in [3.8, 4) is 11.4 Å². The van der Waals surface area contributed by atoms with E-state index in [0.717, 1.165) is 0 Å². The van der Waals surface area contributed by atoms with E-state index in [-0.39, 0.29) is 29.0 Å². The Hall–Kier alpha value is -3.68. The van der Waals surface area contributed by atoms with Crippen LogP contribution < -0.4 is 16.0 Å². The molecule has 1 saturated heterocycles. The van der Waals surface area contributed by atoms with Gasteiger partial charge in [-0.1, -0.05) is 30.3 Å². The lowest BCUT2D eigenvalue weighted by atomic mass is 9.96. The van der Waals surface area contributed by atoms with Crippen molar-refractivity contribution in [2.45, 2.75) is 12.8 Å². The third-order valence-electron chi connectivity index (χ3n) is 5.51. The number of para-hydroxylation sites is 2. The standard InChI is InChI=1S/C22H22N4O4/c1-30-18-9-5-4-8-17(18)26-21(28)16-7-3-2-6-15(16)19(24-26)22(29)25-12-10-14(11-13-25)20(23)27/h2-9,14H,10-13H2,1H3,(H2,23,27). The van der Waals surface area contributed by atoms with Crippen molar-refractivity contribution in [3.05, 3.63) is 64.6 Å². The minimum Gasteiger partial charge on any atom is -0.494 e. The second-order valence-electron chi connectivity index (χ2n) is 7.25. The second kappa shape index (κ2) is 7.98. The molecular formula is C22H22N4O4. The van der Waals surface area contributed by atoms with E-state index in [4.69, 9.17) is 10.5 Å². The van der Waals surface area contributed by atoms with Crippen molar-refractivity contribution in [1.82, 2.24) is 14.7 Å². The maximum atomic E-state index is 13.3. The molecule has 0 bridgehead atoms. The lowest BCUT2D eigenvalue weighted by molar-refractivity contribution is -0.123. The lowest BCUT2D eigenvalue weighted by Gasteiger charge is -2.30. The van der Waals surface area contributed by atoms with E-state index in [1.54, 1.807) is 53.4 Å². The van der Waals surface area contributed by atoms with Gasteiger partial charge in [0.15, 0.2) is 5.69 Å². The van der Waals surface area contributed by atoms with Crippen LogP contribution in [-0.4, -0.2) is 46.7 Å². The molecule has 154 valence electrons. The Bertz CT molecular complexity index is 1180. The molecule has 0 aliphatic carbocycles. The molecule has 4 rings (SSSR count). The van der Waals surface area contributed by atoms with Crippen LogP contribution >= 0.6 is 0 Å². The molecule has 0 unspecified atom stereocenters. The Morgan fingerprint density at radius 1 is 1.03 bits per heavy atom. The molecule has 0 atom stereocenters. The van der Waals surface area contributed by atoms with Crippen LogP contribution in [0, 0.1) is 5.92 Å². The van der Waals surface area contributed by atoms with E-state index in [0.29, 0.717) is 48.1 Å². The van der Waals surface area contributed by atoms with E-state index in [1.165, 1.54) is 11.8 Å². The molecule has 8 heteroatoms. The summed E-state index contributed by atoms with van der Waals surface area (Å²) in [6, 6.07) is 13.9. The summed E-state index contributed by atoms with van der Waals surface area (Å²) >= 11 is 0. The number of rotatable bonds is 4. The maximum absolute atomic E-state index is 13.3. The molecule has 8 nitrogen and oxygen atoms in total. The largest absolute Gasteiger partial charge is 0.494 e. The van der Waals surface area contributed by atoms with Crippen molar-refractivity contribution in [2.75, 3.05) is 20.2 Å². The highest BCUT2D eigenvalue weighted by atomic mass is 16.5. The zero-order valence-corrected chi connectivity index (χ0v) is 16.6. The molecule has 1 aliphatic heterocycles. The summed E-state index contributed by atoms with van der Waals surface area (Å²) in [7, 11) is 1.51. The highest BCUT2D eigenvalue weighted by Gasteiger charge is 2.29. The molecule has 2 aromatic carbocycles. The minimum absolute atomic E-state index is 0.189. The Balaban J connectivity index is 1.82. The second-order valence-corrected chi connectivity index (χ2v) is 7.25. The SMILES string of the molecule is COc1ccccc1-n1nc(C(=O)N2CCC(C(N)=O)CC2)c2ccccc2c1=O. The number of fused-ring (bicyclic) bond motifs is 1. The van der Waals surface area contributed by atoms with Gasteiger partial charge in [0, 0.05) is 24.4 Å². The van der Waals surface area contributed by atoms with Gasteiger partial charge in [-0.05, 0) is 31.0 Å². The number of nitrogens with two attached hydrogens (primary N) is 1. The smallest absolute Gasteiger partial charge is 0.279 e. The predicted octanol–water partition coefficient (Wildman–Crippen LogP) is 1.73. The number of piperidine rings is 1. The summed E-state index contributed by atoms with van der Waals surface area (Å²) < 4.78 is 6.59. The number of carbonyl (C=O) groups is 2. The fourth-order valence-corrected chi connectivity index (χ4v) is 3.83. The van der Waals surface area contributed by atoms with Crippen LogP contribution in [0.4, 0.5) is 0 Å². The molecule has 0 radical (unpaired) electrons. The first-order chi connectivity index (χ1) is 14.5. The van der Waals surface area contributed by atoms with Crippen molar-refractivity contribution >= 4 is 22.6 Å². The number of nitrogens with zero attached hydrogens (tertiary/aromatic N) is 3. The number of hydrogen-bond acceptors (Lipinski definition) is 5. The molecule has 30 heavy (non-hydrogen) atoms. The Morgan fingerprint density at radius 3 is 2.33 bits per heavy atom. The number of methoxy groups -OCH3 is 1. The molecule has 3 aromatic rings. The van der Waals surface area contributed by atoms with Gasteiger partial charge in [-0.2, -0.15) is 9.78 Å². The quantitative estimate of drug-likeness (QED) is 0.710. The van der Waals surface area contributed by atoms with Crippen molar-refractivity contribution in [2.24, 2.45) is 11.7 Å². The number of hydrogen-bond donors (Lipinski definition) is 1. The Morgan fingerprint density at radius 2 is 1.67 bits per heavy atom. The van der Waals surface area contributed by atoms with Crippen LogP contribution in [0.25, 0.3) is 16.5 Å². The molecule has 2 amide bonds. The fourth-order valence-electron chi connectivity index (χ4n) is 3.83. The van der Waals surface area contributed by atoms with Gasteiger partial charge in [0.2, 0.25) is 5.91 Å². The molecule has 2 heterocycles. The molecular weight excluding hydrogens is 384 g/mol. The summed E-state index contributed by atoms with van der Waals surface area (Å²) in [5, 5.41) is 5.34. The summed E-state index contributed by atoms with van der Waals surface area (Å²) in [5.74, 6) is -0.363. The Kier molecular flexibility index (Phi) is 5.22. The molecule has 0 spiro atoms. The van der Waals surface area contributed by atoms with Crippen LogP contribution in [0.1, 0.15) is 23.3 Å².